The van der Waals surface area contributed by atoms with E-state index in [1.165, 1.54) is 0 Å². The lowest BCUT2D eigenvalue weighted by atomic mass is 9.91. The Kier molecular flexibility index (Phi) is 3.80. The zero-order valence-corrected chi connectivity index (χ0v) is 12.7. The fraction of sp³-hybridized carbons (Fsp3) is 0.286. The van der Waals surface area contributed by atoms with Gasteiger partial charge in [0.05, 0.1) is 0 Å². The Hall–Kier alpha value is -1.52. The normalized spacial score (nSPS) is 11.7. The minimum Gasteiger partial charge on any atom is -0.475 e. The second kappa shape index (κ2) is 5.11. The molecule has 1 aromatic heterocycles. The summed E-state index contributed by atoms with van der Waals surface area (Å²) in [6.07, 6.45) is 0. The van der Waals surface area contributed by atoms with Crippen molar-refractivity contribution in [3.05, 3.63) is 39.7 Å². The van der Waals surface area contributed by atoms with E-state index in [0.29, 0.717) is 21.3 Å². The number of hydrogen-bond acceptors (Lipinski definition) is 3. The second-order valence-corrected chi connectivity index (χ2v) is 6.28. The summed E-state index contributed by atoms with van der Waals surface area (Å²) in [6, 6.07) is 4.83. The summed E-state index contributed by atoms with van der Waals surface area (Å²) in [5.41, 5.74) is 0.481. The first kappa shape index (κ1) is 14.9. The van der Waals surface area contributed by atoms with E-state index in [-0.39, 0.29) is 11.7 Å². The number of nitrogens with zero attached hydrogens (tertiary/aromatic N) is 1. The highest BCUT2D eigenvalue weighted by Crippen LogP contribution is 2.32. The van der Waals surface area contributed by atoms with Crippen LogP contribution in [0.25, 0.3) is 11.5 Å². The van der Waals surface area contributed by atoms with Crippen molar-refractivity contribution in [3.63, 3.8) is 0 Å². The van der Waals surface area contributed by atoms with Crippen molar-refractivity contribution < 1.29 is 14.3 Å². The molecule has 0 aliphatic rings. The predicted octanol–water partition coefficient (Wildman–Crippen LogP) is 4.64. The minimum atomic E-state index is -1.15. The molecule has 4 nitrogen and oxygen atoms in total. The second-order valence-electron chi connectivity index (χ2n) is 5.41. The maximum absolute atomic E-state index is 11.3. The molecule has 0 fully saturated rings. The molecule has 0 radical (unpaired) electrons. The van der Waals surface area contributed by atoms with Crippen LogP contribution in [0.3, 0.4) is 0 Å². The van der Waals surface area contributed by atoms with Gasteiger partial charge in [-0.05, 0) is 18.2 Å². The fourth-order valence-electron chi connectivity index (χ4n) is 1.77. The molecule has 0 aliphatic carbocycles. The molecule has 0 bridgehead atoms. The quantitative estimate of drug-likeness (QED) is 0.877. The number of benzene rings is 1. The largest absolute Gasteiger partial charge is 0.475 e. The summed E-state index contributed by atoms with van der Waals surface area (Å²) in [5.74, 6) is -1.12. The van der Waals surface area contributed by atoms with Gasteiger partial charge in [-0.3, -0.25) is 0 Å². The van der Waals surface area contributed by atoms with E-state index in [4.69, 9.17) is 27.6 Å². The van der Waals surface area contributed by atoms with Crippen molar-refractivity contribution >= 4 is 29.2 Å². The maximum Gasteiger partial charge on any atom is 0.373 e. The maximum atomic E-state index is 11.3. The molecular formula is C14H13Cl2NO3. The summed E-state index contributed by atoms with van der Waals surface area (Å²) >= 11 is 11.9. The van der Waals surface area contributed by atoms with E-state index < -0.39 is 11.4 Å². The Balaban J connectivity index is 2.62. The first-order valence-corrected chi connectivity index (χ1v) is 6.65. The number of aromatic nitrogens is 1. The average Bonchev–Trinajstić information content (AvgIpc) is 2.71. The van der Waals surface area contributed by atoms with Gasteiger partial charge in [-0.1, -0.05) is 44.0 Å². The molecule has 1 N–H and O–H groups in total. The first-order chi connectivity index (χ1) is 9.18. The molecule has 20 heavy (non-hydrogen) atoms. The van der Waals surface area contributed by atoms with Crippen LogP contribution in [0.15, 0.2) is 22.6 Å². The van der Waals surface area contributed by atoms with Crippen molar-refractivity contribution in [2.75, 3.05) is 0 Å². The monoisotopic (exact) mass is 313 g/mol. The molecule has 0 atom stereocenters. The lowest BCUT2D eigenvalue weighted by molar-refractivity contribution is 0.0659. The fourth-order valence-corrected chi connectivity index (χ4v) is 2.30. The summed E-state index contributed by atoms with van der Waals surface area (Å²) in [7, 11) is 0. The third kappa shape index (κ3) is 2.97. The first-order valence-electron chi connectivity index (χ1n) is 5.89. The van der Waals surface area contributed by atoms with Gasteiger partial charge < -0.3 is 9.52 Å². The van der Waals surface area contributed by atoms with E-state index in [1.54, 1.807) is 18.2 Å². The molecule has 2 aromatic rings. The predicted molar refractivity (Wildman–Crippen MR) is 77.6 cm³/mol. The minimum absolute atomic E-state index is 0.163. The molecule has 0 aliphatic heterocycles. The molecule has 6 heteroatoms. The van der Waals surface area contributed by atoms with Crippen LogP contribution in [-0.4, -0.2) is 16.1 Å². The molecule has 1 aromatic carbocycles. The third-order valence-corrected chi connectivity index (χ3v) is 3.08. The summed E-state index contributed by atoms with van der Waals surface area (Å²) in [4.78, 5) is 15.6. The van der Waals surface area contributed by atoms with Gasteiger partial charge in [-0.15, -0.1) is 0 Å². The Labute approximate surface area is 126 Å². The summed E-state index contributed by atoms with van der Waals surface area (Å²) in [6.45, 7) is 5.60. The molecule has 0 unspecified atom stereocenters. The van der Waals surface area contributed by atoms with Crippen molar-refractivity contribution in [3.8, 4) is 11.5 Å². The van der Waals surface area contributed by atoms with Gasteiger partial charge in [0.2, 0.25) is 11.7 Å². The Morgan fingerprint density at radius 2 is 1.75 bits per heavy atom. The van der Waals surface area contributed by atoms with E-state index >= 15 is 0 Å². The van der Waals surface area contributed by atoms with E-state index in [9.17, 15) is 9.90 Å². The Bertz CT molecular complexity index is 651. The number of carboxylic acid groups (broad SMARTS) is 1. The van der Waals surface area contributed by atoms with Gasteiger partial charge in [-0.2, -0.15) is 0 Å². The topological polar surface area (TPSA) is 63.3 Å². The average molecular weight is 314 g/mol. The van der Waals surface area contributed by atoms with Gasteiger partial charge in [0.1, 0.15) is 5.69 Å². The highest BCUT2D eigenvalue weighted by Gasteiger charge is 2.29. The Morgan fingerprint density at radius 3 is 2.15 bits per heavy atom. The van der Waals surface area contributed by atoms with E-state index in [0.717, 1.165) is 0 Å². The smallest absolute Gasteiger partial charge is 0.373 e. The molecule has 106 valence electrons. The van der Waals surface area contributed by atoms with Crippen LogP contribution in [0.5, 0.6) is 0 Å². The summed E-state index contributed by atoms with van der Waals surface area (Å²) < 4.78 is 5.37. The molecule has 0 saturated heterocycles. The molecule has 0 saturated carbocycles. The lowest BCUT2D eigenvalue weighted by Gasteiger charge is -2.14. The van der Waals surface area contributed by atoms with Crippen LogP contribution in [0.4, 0.5) is 0 Å². The van der Waals surface area contributed by atoms with Crippen molar-refractivity contribution in [2.45, 2.75) is 26.2 Å². The number of oxazole rings is 1. The van der Waals surface area contributed by atoms with E-state index in [1.807, 2.05) is 20.8 Å². The molecule has 0 amide bonds. The highest BCUT2D eigenvalue weighted by atomic mass is 35.5. The number of carboxylic acids is 1. The van der Waals surface area contributed by atoms with Crippen LogP contribution in [0.1, 0.15) is 37.0 Å². The van der Waals surface area contributed by atoms with Crippen molar-refractivity contribution in [1.29, 1.82) is 0 Å². The Morgan fingerprint density at radius 1 is 1.20 bits per heavy atom. The SMILES string of the molecule is CC(C)(C)c1nc(-c2cc(Cl)cc(Cl)c2)oc1C(=O)O. The zero-order valence-electron chi connectivity index (χ0n) is 11.2. The van der Waals surface area contributed by atoms with Crippen LogP contribution < -0.4 is 0 Å². The van der Waals surface area contributed by atoms with Crippen LogP contribution >= 0.6 is 23.2 Å². The van der Waals surface area contributed by atoms with E-state index in [2.05, 4.69) is 4.98 Å². The summed E-state index contributed by atoms with van der Waals surface area (Å²) in [5, 5.41) is 10.1. The zero-order chi connectivity index (χ0) is 15.1. The number of hydrogen-bond donors (Lipinski definition) is 1. The number of halogens is 2. The van der Waals surface area contributed by atoms with Gasteiger partial charge in [0, 0.05) is 21.0 Å². The van der Waals surface area contributed by atoms with Gasteiger partial charge >= 0.3 is 5.97 Å². The molecule has 1 heterocycles. The number of aromatic carboxylic acids is 1. The van der Waals surface area contributed by atoms with Crippen molar-refractivity contribution in [1.82, 2.24) is 4.98 Å². The standard InChI is InChI=1S/C14H13Cl2NO3/c1-14(2,3)11-10(13(18)19)20-12(17-11)7-4-8(15)6-9(16)5-7/h4-6H,1-3H3,(H,18,19). The molecule has 0 spiro atoms. The molecular weight excluding hydrogens is 301 g/mol. The van der Waals surface area contributed by atoms with Crippen LogP contribution in [-0.2, 0) is 5.41 Å². The van der Waals surface area contributed by atoms with Gasteiger partial charge in [0.25, 0.3) is 0 Å². The van der Waals surface area contributed by atoms with Crippen LogP contribution in [0, 0.1) is 0 Å². The van der Waals surface area contributed by atoms with Crippen molar-refractivity contribution in [2.24, 2.45) is 0 Å². The lowest BCUT2D eigenvalue weighted by Crippen LogP contribution is -2.16. The highest BCUT2D eigenvalue weighted by molar-refractivity contribution is 6.35. The molecule has 2 rings (SSSR count). The van der Waals surface area contributed by atoms with Crippen LogP contribution in [0.2, 0.25) is 10.0 Å². The number of rotatable bonds is 2. The third-order valence-electron chi connectivity index (χ3n) is 2.64. The number of carbonyl (C=O) groups is 1. The van der Waals surface area contributed by atoms with Gasteiger partial charge in [0.15, 0.2) is 0 Å². The van der Waals surface area contributed by atoms with Gasteiger partial charge in [-0.25, -0.2) is 9.78 Å².